The zero-order chi connectivity index (χ0) is 18.0. The minimum atomic E-state index is -0.476. The van der Waals surface area contributed by atoms with E-state index in [9.17, 15) is 9.59 Å². The first-order valence-electron chi connectivity index (χ1n) is 8.75. The highest BCUT2D eigenvalue weighted by Gasteiger charge is 2.55. The fourth-order valence-electron chi connectivity index (χ4n) is 3.80. The van der Waals surface area contributed by atoms with Crippen molar-refractivity contribution in [1.82, 2.24) is 30.3 Å². The van der Waals surface area contributed by atoms with Crippen LogP contribution in [0.4, 0.5) is 0 Å². The topological polar surface area (TPSA) is 92.2 Å². The average molecular weight is 366 g/mol. The van der Waals surface area contributed by atoms with E-state index >= 15 is 0 Å². The van der Waals surface area contributed by atoms with E-state index in [0.29, 0.717) is 26.2 Å². The third kappa shape index (κ3) is 3.39. The number of likely N-dealkylation sites (tertiary alicyclic amines) is 1. The molecule has 2 atom stereocenters. The van der Waals surface area contributed by atoms with Gasteiger partial charge in [0.05, 0.1) is 5.41 Å². The van der Waals surface area contributed by atoms with Gasteiger partial charge in [0.25, 0.3) is 0 Å². The summed E-state index contributed by atoms with van der Waals surface area (Å²) >= 11 is 1.60. The van der Waals surface area contributed by atoms with E-state index < -0.39 is 5.41 Å². The lowest BCUT2D eigenvalue weighted by molar-refractivity contribution is -0.132. The Morgan fingerprint density at radius 1 is 1.44 bits per heavy atom. The second-order valence-corrected chi connectivity index (χ2v) is 7.82. The quantitative estimate of drug-likeness (QED) is 0.539. The molecule has 2 fully saturated rings. The van der Waals surface area contributed by atoms with Gasteiger partial charge in [-0.15, -0.1) is 10.2 Å². The van der Waals surface area contributed by atoms with Crippen molar-refractivity contribution in [2.75, 3.05) is 38.5 Å². The number of amides is 2. The molecule has 0 saturated carbocycles. The number of carbonyl (C=O) groups excluding carboxylic acids is 2. The maximum absolute atomic E-state index is 12.8. The number of rotatable bonds is 6. The Bertz CT molecular complexity index is 663. The Hall–Kier alpha value is -1.61. The van der Waals surface area contributed by atoms with Gasteiger partial charge in [-0.2, -0.15) is 0 Å². The minimum absolute atomic E-state index is 0.0476. The lowest BCUT2D eigenvalue weighted by atomic mass is 9.80. The first kappa shape index (κ1) is 18.2. The Morgan fingerprint density at radius 3 is 2.96 bits per heavy atom. The summed E-state index contributed by atoms with van der Waals surface area (Å²) in [5.74, 6) is 1.96. The molecule has 0 aromatic carbocycles. The van der Waals surface area contributed by atoms with Gasteiger partial charge in [-0.3, -0.25) is 9.59 Å². The molecule has 138 valence electrons. The molecule has 2 N–H and O–H groups in total. The summed E-state index contributed by atoms with van der Waals surface area (Å²) in [7, 11) is 0. The van der Waals surface area contributed by atoms with Crippen molar-refractivity contribution in [1.29, 1.82) is 0 Å². The summed E-state index contributed by atoms with van der Waals surface area (Å²) in [4.78, 5) is 26.3. The second kappa shape index (κ2) is 7.33. The molecule has 2 aliphatic heterocycles. The minimum Gasteiger partial charge on any atom is -0.355 e. The third-order valence-corrected chi connectivity index (χ3v) is 6.23. The van der Waals surface area contributed by atoms with Crippen LogP contribution in [0.25, 0.3) is 0 Å². The van der Waals surface area contributed by atoms with Crippen molar-refractivity contribution < 1.29 is 9.59 Å². The van der Waals surface area contributed by atoms with Gasteiger partial charge in [0.1, 0.15) is 5.82 Å². The molecule has 9 heteroatoms. The number of aromatic nitrogens is 3. The number of thioether (sulfide) groups is 1. The number of nitrogens with one attached hydrogen (secondary N) is 2. The monoisotopic (exact) mass is 366 g/mol. The molecular weight excluding hydrogens is 340 g/mol. The highest BCUT2D eigenvalue weighted by molar-refractivity contribution is 7.99. The standard InChI is InChI=1S/C16H26N6O2S/c1-4-22-11(2)19-20-15(22)25-6-5-18-14(24)16-9-17-7-13(16)8-21(10-16)12(3)23/h13,17H,4-10H2,1-3H3,(H,18,24)/t13-,16-/m0/s1. The van der Waals surface area contributed by atoms with Gasteiger partial charge in [-0.25, -0.2) is 0 Å². The maximum atomic E-state index is 12.8. The molecule has 0 bridgehead atoms. The molecule has 1 aromatic rings. The fourth-order valence-corrected chi connectivity index (χ4v) is 4.70. The first-order valence-corrected chi connectivity index (χ1v) is 9.73. The normalized spacial score (nSPS) is 25.2. The largest absolute Gasteiger partial charge is 0.355 e. The van der Waals surface area contributed by atoms with Crippen LogP contribution in [0.1, 0.15) is 19.7 Å². The van der Waals surface area contributed by atoms with Crippen LogP contribution >= 0.6 is 11.8 Å². The molecule has 0 unspecified atom stereocenters. The van der Waals surface area contributed by atoms with Gasteiger partial charge in [0.15, 0.2) is 5.16 Å². The predicted octanol–water partition coefficient (Wildman–Crippen LogP) is -0.117. The van der Waals surface area contributed by atoms with Crippen LogP contribution in [0.5, 0.6) is 0 Å². The number of fused-ring (bicyclic) bond motifs is 1. The van der Waals surface area contributed by atoms with Crippen molar-refractivity contribution in [2.24, 2.45) is 11.3 Å². The van der Waals surface area contributed by atoms with E-state index in [2.05, 4.69) is 32.3 Å². The molecule has 0 spiro atoms. The summed E-state index contributed by atoms with van der Waals surface area (Å²) < 4.78 is 2.06. The lowest BCUT2D eigenvalue weighted by Crippen LogP contribution is -2.48. The van der Waals surface area contributed by atoms with Crippen molar-refractivity contribution in [2.45, 2.75) is 32.5 Å². The van der Waals surface area contributed by atoms with Gasteiger partial charge >= 0.3 is 0 Å². The molecule has 3 heterocycles. The summed E-state index contributed by atoms with van der Waals surface area (Å²) in [6, 6.07) is 0. The molecule has 0 radical (unpaired) electrons. The van der Waals surface area contributed by atoms with Crippen LogP contribution in [-0.2, 0) is 16.1 Å². The highest BCUT2D eigenvalue weighted by Crippen LogP contribution is 2.39. The Balaban J connectivity index is 1.53. The number of nitrogens with zero attached hydrogens (tertiary/aromatic N) is 4. The van der Waals surface area contributed by atoms with Gasteiger partial charge < -0.3 is 20.1 Å². The zero-order valence-corrected chi connectivity index (χ0v) is 15.9. The molecule has 8 nitrogen and oxygen atoms in total. The predicted molar refractivity (Wildman–Crippen MR) is 95.2 cm³/mol. The molecule has 1 aromatic heterocycles. The summed E-state index contributed by atoms with van der Waals surface area (Å²) in [6.45, 7) is 9.62. The third-order valence-electron chi connectivity index (χ3n) is 5.26. The molecule has 2 aliphatic rings. The molecule has 2 amide bonds. The second-order valence-electron chi connectivity index (χ2n) is 6.76. The maximum Gasteiger partial charge on any atom is 0.229 e. The number of hydrogen-bond donors (Lipinski definition) is 2. The van der Waals surface area contributed by atoms with Gasteiger partial charge in [-0.1, -0.05) is 11.8 Å². The van der Waals surface area contributed by atoms with Crippen molar-refractivity contribution in [3.8, 4) is 0 Å². The van der Waals surface area contributed by atoms with Crippen LogP contribution in [-0.4, -0.2) is 70.0 Å². The summed E-state index contributed by atoms with van der Waals surface area (Å²) in [5, 5.41) is 15.5. The van der Waals surface area contributed by atoms with E-state index in [1.165, 1.54) is 0 Å². The van der Waals surface area contributed by atoms with Gasteiger partial charge in [0, 0.05) is 57.9 Å². The van der Waals surface area contributed by atoms with E-state index in [1.54, 1.807) is 23.6 Å². The van der Waals surface area contributed by atoms with Gasteiger partial charge in [0.2, 0.25) is 11.8 Å². The molecule has 3 rings (SSSR count). The lowest BCUT2D eigenvalue weighted by Gasteiger charge is -2.26. The van der Waals surface area contributed by atoms with Crippen LogP contribution in [0, 0.1) is 18.3 Å². The Kier molecular flexibility index (Phi) is 5.33. The van der Waals surface area contributed by atoms with Crippen LogP contribution < -0.4 is 10.6 Å². The van der Waals surface area contributed by atoms with E-state index in [1.807, 2.05) is 6.92 Å². The molecular formula is C16H26N6O2S. The van der Waals surface area contributed by atoms with E-state index in [-0.39, 0.29) is 17.7 Å². The van der Waals surface area contributed by atoms with E-state index in [4.69, 9.17) is 0 Å². The Labute approximate surface area is 152 Å². The van der Waals surface area contributed by atoms with Crippen molar-refractivity contribution in [3.63, 3.8) is 0 Å². The van der Waals surface area contributed by atoms with Crippen LogP contribution in [0.3, 0.4) is 0 Å². The number of aryl methyl sites for hydroxylation is 1. The van der Waals surface area contributed by atoms with E-state index in [0.717, 1.165) is 29.8 Å². The molecule has 0 aliphatic carbocycles. The smallest absolute Gasteiger partial charge is 0.229 e. The molecule has 25 heavy (non-hydrogen) atoms. The van der Waals surface area contributed by atoms with Crippen molar-refractivity contribution >= 4 is 23.6 Å². The van der Waals surface area contributed by atoms with Crippen LogP contribution in [0.15, 0.2) is 5.16 Å². The van der Waals surface area contributed by atoms with Crippen molar-refractivity contribution in [3.05, 3.63) is 5.82 Å². The van der Waals surface area contributed by atoms with Crippen LogP contribution in [0.2, 0.25) is 0 Å². The highest BCUT2D eigenvalue weighted by atomic mass is 32.2. The number of carbonyl (C=O) groups is 2. The molecule has 2 saturated heterocycles. The first-order chi connectivity index (χ1) is 12.0. The van der Waals surface area contributed by atoms with Gasteiger partial charge in [-0.05, 0) is 13.8 Å². The number of hydrogen-bond acceptors (Lipinski definition) is 6. The summed E-state index contributed by atoms with van der Waals surface area (Å²) in [6.07, 6.45) is 0. The fraction of sp³-hybridized carbons (Fsp3) is 0.750. The Morgan fingerprint density at radius 2 is 2.24 bits per heavy atom. The SMILES string of the molecule is CCn1c(C)nnc1SCCNC(=O)[C@]12CNC[C@H]1CN(C(C)=O)C2. The average Bonchev–Trinajstić information content (AvgIpc) is 3.23. The summed E-state index contributed by atoms with van der Waals surface area (Å²) in [5.41, 5.74) is -0.476. The zero-order valence-electron chi connectivity index (χ0n) is 15.0.